The second kappa shape index (κ2) is 9.68. The highest BCUT2D eigenvalue weighted by molar-refractivity contribution is 6.31. The first-order valence-corrected chi connectivity index (χ1v) is 10.7. The molecule has 1 aromatic heterocycles. The molecule has 2 aromatic carbocycles. The van der Waals surface area contributed by atoms with Crippen LogP contribution in [0.4, 0.5) is 14.6 Å². The summed E-state index contributed by atoms with van der Waals surface area (Å²) in [7, 11) is 0. The molecule has 2 heterocycles. The molecule has 1 aliphatic heterocycles. The Morgan fingerprint density at radius 3 is 2.79 bits per heavy atom. The first kappa shape index (κ1) is 22.9. The smallest absolute Gasteiger partial charge is 0.257 e. The van der Waals surface area contributed by atoms with Crippen molar-refractivity contribution in [2.75, 3.05) is 25.4 Å². The molecule has 4 rings (SSSR count). The summed E-state index contributed by atoms with van der Waals surface area (Å²) in [5, 5.41) is -0.285. The number of nitrogens with two attached hydrogens (primary N) is 2. The van der Waals surface area contributed by atoms with Gasteiger partial charge in [-0.2, -0.15) is 0 Å². The molecule has 1 amide bonds. The summed E-state index contributed by atoms with van der Waals surface area (Å²) in [6.45, 7) is 1.11. The van der Waals surface area contributed by atoms with Crippen LogP contribution >= 0.6 is 11.6 Å². The molecule has 7 nitrogen and oxygen atoms in total. The molecule has 4 N–H and O–H groups in total. The third-order valence-electron chi connectivity index (χ3n) is 5.41. The van der Waals surface area contributed by atoms with Gasteiger partial charge in [0.25, 0.3) is 11.8 Å². The number of carbonyl (C=O) groups is 1. The molecule has 0 bridgehead atoms. The van der Waals surface area contributed by atoms with Crippen molar-refractivity contribution in [2.45, 2.75) is 18.9 Å². The first-order valence-electron chi connectivity index (χ1n) is 10.4. The van der Waals surface area contributed by atoms with E-state index in [1.807, 2.05) is 0 Å². The fourth-order valence-corrected chi connectivity index (χ4v) is 3.89. The molecule has 3 aromatic rings. The fourth-order valence-electron chi connectivity index (χ4n) is 3.64. The maximum atomic E-state index is 14.0. The van der Waals surface area contributed by atoms with Crippen molar-refractivity contribution in [3.8, 4) is 17.1 Å². The molecule has 0 saturated carbocycles. The summed E-state index contributed by atoms with van der Waals surface area (Å²) in [5.74, 6) is -1.35. The van der Waals surface area contributed by atoms with Crippen LogP contribution in [0.2, 0.25) is 5.02 Å². The van der Waals surface area contributed by atoms with E-state index in [-0.39, 0.29) is 47.3 Å². The molecule has 1 aliphatic rings. The van der Waals surface area contributed by atoms with E-state index in [9.17, 15) is 13.6 Å². The number of halogens is 3. The van der Waals surface area contributed by atoms with Crippen molar-refractivity contribution in [1.29, 1.82) is 0 Å². The van der Waals surface area contributed by atoms with Crippen molar-refractivity contribution in [1.82, 2.24) is 14.9 Å². The molecule has 0 aliphatic carbocycles. The molecule has 172 valence electrons. The number of ether oxygens (including phenoxy) is 1. The van der Waals surface area contributed by atoms with Gasteiger partial charge in [0.05, 0.1) is 23.5 Å². The van der Waals surface area contributed by atoms with E-state index in [4.69, 9.17) is 27.8 Å². The molecule has 0 radical (unpaired) electrons. The van der Waals surface area contributed by atoms with Crippen molar-refractivity contribution >= 4 is 23.3 Å². The number of aromatic nitrogens is 2. The van der Waals surface area contributed by atoms with Crippen LogP contribution in [0.25, 0.3) is 11.3 Å². The van der Waals surface area contributed by atoms with E-state index in [1.54, 1.807) is 29.2 Å². The van der Waals surface area contributed by atoms with Gasteiger partial charge in [-0.05, 0) is 30.7 Å². The minimum Gasteiger partial charge on any atom is -0.475 e. The van der Waals surface area contributed by atoms with E-state index in [2.05, 4.69) is 9.97 Å². The number of hydrogen-bond acceptors (Lipinski definition) is 6. The van der Waals surface area contributed by atoms with Gasteiger partial charge in [-0.1, -0.05) is 23.7 Å². The maximum absolute atomic E-state index is 14.0. The SMILES string of the molecule is Nc1ncc(-c2cccc(C(=O)N3CCC(N)C3)c2)nc1OCCc1c(F)ccc(F)c1Cl. The molecule has 33 heavy (non-hydrogen) atoms. The Bertz CT molecular complexity index is 1190. The zero-order valence-electron chi connectivity index (χ0n) is 17.6. The number of benzene rings is 2. The summed E-state index contributed by atoms with van der Waals surface area (Å²) < 4.78 is 33.2. The van der Waals surface area contributed by atoms with E-state index >= 15 is 0 Å². The van der Waals surface area contributed by atoms with Gasteiger partial charge in [0, 0.05) is 42.2 Å². The Morgan fingerprint density at radius 1 is 1.24 bits per heavy atom. The van der Waals surface area contributed by atoms with Gasteiger partial charge in [-0.3, -0.25) is 4.79 Å². The van der Waals surface area contributed by atoms with Crippen molar-refractivity contribution in [2.24, 2.45) is 5.73 Å². The van der Waals surface area contributed by atoms with Gasteiger partial charge in [0.2, 0.25) is 0 Å². The molecule has 10 heteroatoms. The Balaban J connectivity index is 1.50. The minimum absolute atomic E-state index is 0.00413. The highest BCUT2D eigenvalue weighted by Crippen LogP contribution is 2.26. The predicted molar refractivity (Wildman–Crippen MR) is 121 cm³/mol. The monoisotopic (exact) mass is 473 g/mol. The van der Waals surface area contributed by atoms with E-state index in [0.29, 0.717) is 29.9 Å². The quantitative estimate of drug-likeness (QED) is 0.531. The molecule has 1 atom stereocenters. The maximum Gasteiger partial charge on any atom is 0.257 e. The number of hydrogen-bond donors (Lipinski definition) is 2. The van der Waals surface area contributed by atoms with Crippen molar-refractivity contribution in [3.05, 3.63) is 70.4 Å². The molecule has 1 fully saturated rings. The van der Waals surface area contributed by atoms with Crippen molar-refractivity contribution < 1.29 is 18.3 Å². The lowest BCUT2D eigenvalue weighted by atomic mass is 10.1. The third kappa shape index (κ3) is 5.04. The number of nitrogens with zero attached hydrogens (tertiary/aromatic N) is 3. The molecule has 0 spiro atoms. The van der Waals surface area contributed by atoms with Crippen LogP contribution in [-0.2, 0) is 6.42 Å². The largest absolute Gasteiger partial charge is 0.475 e. The molecule has 1 saturated heterocycles. The molecular formula is C23H22ClF2N5O2. The standard InChI is InChI=1S/C23H22ClF2N5O2/c24-20-16(17(25)4-5-18(20)26)7-9-33-22-21(28)29-11-19(30-22)13-2-1-3-14(10-13)23(32)31-8-6-15(27)12-31/h1-5,10-11,15H,6-9,12,27H2,(H2,28,29). The Labute approximate surface area is 194 Å². The van der Waals surface area contributed by atoms with Gasteiger partial charge in [-0.25, -0.2) is 18.7 Å². The normalized spacial score (nSPS) is 15.6. The lowest BCUT2D eigenvalue weighted by Crippen LogP contribution is -2.31. The van der Waals surface area contributed by atoms with Crippen LogP contribution in [0, 0.1) is 11.6 Å². The van der Waals surface area contributed by atoms with E-state index in [1.165, 1.54) is 6.20 Å². The van der Waals surface area contributed by atoms with Crippen LogP contribution in [-0.4, -0.2) is 46.5 Å². The lowest BCUT2D eigenvalue weighted by Gasteiger charge is -2.16. The average molecular weight is 474 g/mol. The van der Waals surface area contributed by atoms with E-state index in [0.717, 1.165) is 18.6 Å². The van der Waals surface area contributed by atoms with Gasteiger partial charge in [0.15, 0.2) is 5.82 Å². The summed E-state index contributed by atoms with van der Waals surface area (Å²) in [5.41, 5.74) is 13.4. The summed E-state index contributed by atoms with van der Waals surface area (Å²) >= 11 is 5.85. The van der Waals surface area contributed by atoms with E-state index < -0.39 is 11.6 Å². The number of carbonyl (C=O) groups excluding carboxylic acids is 1. The number of nitrogen functional groups attached to an aromatic ring is 1. The summed E-state index contributed by atoms with van der Waals surface area (Å²) in [4.78, 5) is 23.0. The van der Waals surface area contributed by atoms with Crippen molar-refractivity contribution in [3.63, 3.8) is 0 Å². The van der Waals surface area contributed by atoms with Gasteiger partial charge >= 0.3 is 0 Å². The molecule has 1 unspecified atom stereocenters. The highest BCUT2D eigenvalue weighted by Gasteiger charge is 2.24. The first-order chi connectivity index (χ1) is 15.8. The Kier molecular flexibility index (Phi) is 6.71. The fraction of sp³-hybridized carbons (Fsp3) is 0.261. The molecular weight excluding hydrogens is 452 g/mol. The zero-order chi connectivity index (χ0) is 23.5. The van der Waals surface area contributed by atoms with Gasteiger partial charge in [-0.15, -0.1) is 0 Å². The second-order valence-corrected chi connectivity index (χ2v) is 8.12. The number of amides is 1. The Morgan fingerprint density at radius 2 is 2.03 bits per heavy atom. The van der Waals surface area contributed by atoms with Gasteiger partial charge in [0.1, 0.15) is 11.6 Å². The average Bonchev–Trinajstić information content (AvgIpc) is 3.25. The number of rotatable bonds is 6. The third-order valence-corrected chi connectivity index (χ3v) is 5.82. The number of anilines is 1. The minimum atomic E-state index is -0.709. The highest BCUT2D eigenvalue weighted by atomic mass is 35.5. The topological polar surface area (TPSA) is 107 Å². The zero-order valence-corrected chi connectivity index (χ0v) is 18.4. The van der Waals surface area contributed by atoms with Crippen LogP contribution in [0.15, 0.2) is 42.6 Å². The number of likely N-dealkylation sites (tertiary alicyclic amines) is 1. The van der Waals surface area contributed by atoms with Gasteiger partial charge < -0.3 is 21.1 Å². The van der Waals surface area contributed by atoms with Crippen LogP contribution in [0.1, 0.15) is 22.3 Å². The summed E-state index contributed by atoms with van der Waals surface area (Å²) in [6.07, 6.45) is 2.26. The summed E-state index contributed by atoms with van der Waals surface area (Å²) in [6, 6.07) is 8.97. The van der Waals surface area contributed by atoms with Crippen LogP contribution in [0.5, 0.6) is 5.88 Å². The lowest BCUT2D eigenvalue weighted by molar-refractivity contribution is 0.0791. The Hall–Kier alpha value is -3.30. The van der Waals surface area contributed by atoms with Crippen LogP contribution < -0.4 is 16.2 Å². The predicted octanol–water partition coefficient (Wildman–Crippen LogP) is 3.45. The second-order valence-electron chi connectivity index (χ2n) is 7.75. The van der Waals surface area contributed by atoms with Crippen LogP contribution in [0.3, 0.4) is 0 Å².